The van der Waals surface area contributed by atoms with Crippen molar-refractivity contribution in [1.29, 1.82) is 0 Å². The second-order valence-corrected chi connectivity index (χ2v) is 18.4. The first-order valence-electron chi connectivity index (χ1n) is 25.2. The van der Waals surface area contributed by atoms with Gasteiger partial charge < -0.3 is 82.4 Å². The van der Waals surface area contributed by atoms with E-state index in [1.54, 1.807) is 20.8 Å². The van der Waals surface area contributed by atoms with Crippen molar-refractivity contribution in [2.75, 3.05) is 39.6 Å². The predicted octanol–water partition coefficient (Wildman–Crippen LogP) is 4.69. The molecule has 5 aliphatic heterocycles. The fourth-order valence-electron chi connectivity index (χ4n) is 8.24. The molecule has 0 aliphatic carbocycles. The van der Waals surface area contributed by atoms with E-state index in [-0.39, 0.29) is 93.5 Å². The van der Waals surface area contributed by atoms with Gasteiger partial charge in [0, 0.05) is 41.3 Å². The Morgan fingerprint density at radius 2 is 1.18 bits per heavy atom. The summed E-state index contributed by atoms with van der Waals surface area (Å²) < 4.78 is 78.1. The number of hydrogen-bond donors (Lipinski definition) is 5. The molecule has 0 aromatic carbocycles. The number of rotatable bonds is 25. The SMILES string of the molecule is CCC(O)C(CC)OCC1COC(C)(CCC(=O)O)O1.[2H]CC(O)C1CC(OCC2COC(C)(CCC(=O)O)O2)C(CC)O1.[2H]CC(OCC1COC(C)(CCC(C)=O)O1)C1CC(O)C(CC)O1. The summed E-state index contributed by atoms with van der Waals surface area (Å²) in [5.74, 6) is -4.11. The molecular weight excluding hydrogens is 868 g/mol. The Kier molecular flexibility index (Phi) is 23.4. The van der Waals surface area contributed by atoms with Crippen LogP contribution in [0.5, 0.6) is 0 Å². The third-order valence-electron chi connectivity index (χ3n) is 12.4. The van der Waals surface area contributed by atoms with Gasteiger partial charge in [-0.3, -0.25) is 9.59 Å². The lowest BCUT2D eigenvalue weighted by atomic mass is 10.1. The van der Waals surface area contributed by atoms with E-state index in [4.69, 9.17) is 65.1 Å². The lowest BCUT2D eigenvalue weighted by Gasteiger charge is -2.24. The van der Waals surface area contributed by atoms with Gasteiger partial charge in [-0.15, -0.1) is 0 Å². The van der Waals surface area contributed by atoms with E-state index in [1.165, 1.54) is 0 Å². The molecule has 5 N–H and O–H groups in total. The normalized spacial score (nSPS) is 36.3. The number of carboxylic acid groups (broad SMARTS) is 2. The van der Waals surface area contributed by atoms with Crippen LogP contribution >= 0.6 is 0 Å². The quantitative estimate of drug-likeness (QED) is 0.0832. The molecule has 0 radical (unpaired) electrons. The van der Waals surface area contributed by atoms with Crippen LogP contribution in [0.25, 0.3) is 0 Å². The third-order valence-corrected chi connectivity index (χ3v) is 12.4. The minimum atomic E-state index is -0.882. The Labute approximate surface area is 394 Å². The standard InChI is InChI=1S/C17H30O6.C16H28O7.C14H26O6/c1-5-15-14(19)8-16(22-15)12(3)20-9-13-10-21-17(4,23-13)7-6-11(2)18;1-4-12-14(7-13(22-12)10(2)17)20-8-11-9-21-16(3,23-11)6-5-15(18)19;1-4-11(15)12(5-2)18-8-10-9-19-14(3,20-10)7-6-13(16)17/h12-16,19H,5-10H2,1-4H3;10-14,17H,4-9H2,1-3H3,(H,18,19);10-12,15H,4-9H2,1-3H3,(H,16,17)/i3D;2D;. The van der Waals surface area contributed by atoms with Crippen molar-refractivity contribution >= 4 is 17.7 Å². The summed E-state index contributed by atoms with van der Waals surface area (Å²) in [4.78, 5) is 32.4. The lowest BCUT2D eigenvalue weighted by molar-refractivity contribution is -0.173. The molecule has 66 heavy (non-hydrogen) atoms. The number of aliphatic hydroxyl groups excluding tert-OH is 3. The molecule has 386 valence electrons. The zero-order chi connectivity index (χ0) is 50.7. The van der Waals surface area contributed by atoms with E-state index in [0.29, 0.717) is 84.6 Å². The number of carbonyl (C=O) groups excluding carboxylic acids is 1. The smallest absolute Gasteiger partial charge is 0.303 e. The number of aliphatic carboxylic acids is 2. The van der Waals surface area contributed by atoms with Gasteiger partial charge >= 0.3 is 11.9 Å². The molecule has 0 spiro atoms. The molecule has 19 heteroatoms. The van der Waals surface area contributed by atoms with Crippen LogP contribution in [-0.4, -0.2) is 180 Å². The number of ketones is 1. The second-order valence-electron chi connectivity index (χ2n) is 18.4. The van der Waals surface area contributed by atoms with E-state index in [0.717, 1.165) is 19.3 Å². The first-order chi connectivity index (χ1) is 32.1. The predicted molar refractivity (Wildman–Crippen MR) is 238 cm³/mol. The van der Waals surface area contributed by atoms with Gasteiger partial charge in [0.2, 0.25) is 0 Å². The van der Waals surface area contributed by atoms with Crippen LogP contribution in [-0.2, 0) is 66.5 Å². The molecule has 0 aromatic rings. The fraction of sp³-hybridized carbons (Fsp3) is 0.936. The molecule has 0 aromatic heterocycles. The van der Waals surface area contributed by atoms with Crippen LogP contribution in [0.4, 0.5) is 0 Å². The Bertz CT molecular complexity index is 1440. The minimum Gasteiger partial charge on any atom is -0.481 e. The average molecular weight is 955 g/mol. The molecule has 5 heterocycles. The number of aliphatic hydroxyl groups is 3. The average Bonchev–Trinajstić information content (AvgIpc) is 4.16. The number of Topliss-reactive ketones (excluding diaryl/α,β-unsaturated/α-hetero) is 1. The van der Waals surface area contributed by atoms with Crippen LogP contribution < -0.4 is 0 Å². The molecular formula is C47H84O19. The van der Waals surface area contributed by atoms with E-state index in [1.807, 2.05) is 34.6 Å². The summed E-state index contributed by atoms with van der Waals surface area (Å²) in [5, 5.41) is 47.0. The van der Waals surface area contributed by atoms with Crippen molar-refractivity contribution in [2.24, 2.45) is 0 Å². The zero-order valence-electron chi connectivity index (χ0n) is 42.6. The molecule has 0 amide bonds. The summed E-state index contributed by atoms with van der Waals surface area (Å²) >= 11 is 0. The maximum absolute atomic E-state index is 11.1. The summed E-state index contributed by atoms with van der Waals surface area (Å²) in [7, 11) is 0. The first-order valence-corrected chi connectivity index (χ1v) is 23.8. The van der Waals surface area contributed by atoms with Crippen molar-refractivity contribution in [3.8, 4) is 0 Å². The van der Waals surface area contributed by atoms with Gasteiger partial charge in [0.1, 0.15) is 24.1 Å². The number of ether oxygens (including phenoxy) is 11. The minimum absolute atomic E-state index is 0.00879. The largest absolute Gasteiger partial charge is 0.481 e. The summed E-state index contributed by atoms with van der Waals surface area (Å²) in [6.07, 6.45) is 1.46. The highest BCUT2D eigenvalue weighted by Crippen LogP contribution is 2.33. The maximum Gasteiger partial charge on any atom is 0.303 e. The fourth-order valence-corrected chi connectivity index (χ4v) is 8.24. The summed E-state index contributed by atoms with van der Waals surface area (Å²) in [6, 6.07) is 0. The van der Waals surface area contributed by atoms with Crippen molar-refractivity contribution in [2.45, 2.75) is 243 Å². The second kappa shape index (κ2) is 28.0. The van der Waals surface area contributed by atoms with Crippen LogP contribution in [0.1, 0.15) is 149 Å². The van der Waals surface area contributed by atoms with Gasteiger partial charge in [0.15, 0.2) is 17.4 Å². The first kappa shape index (κ1) is 55.0. The van der Waals surface area contributed by atoms with E-state index >= 15 is 0 Å². The topological polar surface area (TPSA) is 254 Å². The molecule has 5 aliphatic rings. The molecule has 5 rings (SSSR count). The number of carbonyl (C=O) groups is 3. The van der Waals surface area contributed by atoms with Crippen molar-refractivity contribution < 1.29 is 94.8 Å². The van der Waals surface area contributed by atoms with E-state index in [9.17, 15) is 29.7 Å². The van der Waals surface area contributed by atoms with E-state index in [2.05, 4.69) is 0 Å². The summed E-state index contributed by atoms with van der Waals surface area (Å²) in [5.41, 5.74) is 0. The highest BCUT2D eigenvalue weighted by Gasteiger charge is 2.43. The molecule has 19 nitrogen and oxygen atoms in total. The zero-order valence-corrected chi connectivity index (χ0v) is 40.6. The van der Waals surface area contributed by atoms with Crippen molar-refractivity contribution in [1.82, 2.24) is 0 Å². The Hall–Kier alpha value is -1.95. The third kappa shape index (κ3) is 19.8. The van der Waals surface area contributed by atoms with Gasteiger partial charge in [0.25, 0.3) is 0 Å². The van der Waals surface area contributed by atoms with Crippen molar-refractivity contribution in [3.63, 3.8) is 0 Å². The number of carboxylic acids is 2. The molecule has 0 bridgehead atoms. The Balaban J connectivity index is 0.000000272. The van der Waals surface area contributed by atoms with E-state index < -0.39 is 47.6 Å². The maximum atomic E-state index is 11.1. The monoisotopic (exact) mass is 955 g/mol. The van der Waals surface area contributed by atoms with Crippen LogP contribution in [0, 0.1) is 0 Å². The van der Waals surface area contributed by atoms with Crippen molar-refractivity contribution in [3.05, 3.63) is 0 Å². The van der Waals surface area contributed by atoms with Crippen LogP contribution in [0.15, 0.2) is 0 Å². The Morgan fingerprint density at radius 3 is 1.62 bits per heavy atom. The van der Waals surface area contributed by atoms with Gasteiger partial charge in [0.05, 0.1) is 114 Å². The molecule has 5 fully saturated rings. The summed E-state index contributed by atoms with van der Waals surface area (Å²) in [6.45, 7) is 16.8. The molecule has 16 atom stereocenters. The lowest BCUT2D eigenvalue weighted by Crippen LogP contribution is -2.33. The van der Waals surface area contributed by atoms with Gasteiger partial charge in [-0.1, -0.05) is 27.7 Å². The highest BCUT2D eigenvalue weighted by molar-refractivity contribution is 5.75. The van der Waals surface area contributed by atoms with Crippen LogP contribution in [0.2, 0.25) is 0 Å². The Morgan fingerprint density at radius 1 is 0.682 bits per heavy atom. The van der Waals surface area contributed by atoms with Gasteiger partial charge in [-0.25, -0.2) is 0 Å². The molecule has 5 saturated heterocycles. The van der Waals surface area contributed by atoms with Gasteiger partial charge in [-0.2, -0.15) is 0 Å². The van der Waals surface area contributed by atoms with Crippen LogP contribution in [0.3, 0.4) is 0 Å². The number of hydrogen-bond acceptors (Lipinski definition) is 17. The molecule has 16 unspecified atom stereocenters. The molecule has 0 saturated carbocycles. The highest BCUT2D eigenvalue weighted by atomic mass is 16.8. The van der Waals surface area contributed by atoms with Gasteiger partial charge in [-0.05, 0) is 67.2 Å².